The number of anilines is 6. The minimum atomic E-state index is 0.0317. The molecule has 0 unspecified atom stereocenters. The fourth-order valence-corrected chi connectivity index (χ4v) is 11.5. The molecule has 0 bridgehead atoms. The van der Waals surface area contributed by atoms with Crippen molar-refractivity contribution in [2.75, 3.05) is 9.80 Å². The number of hydrogen-bond acceptors (Lipinski definition) is 3. The fraction of sp³-hybridized carbons (Fsp3) is 0.309. The highest BCUT2D eigenvalue weighted by Gasteiger charge is 2.48. The highest BCUT2D eigenvalue weighted by atomic mass is 32.1. The van der Waals surface area contributed by atoms with Crippen molar-refractivity contribution in [2.24, 2.45) is 0 Å². The lowest BCUT2D eigenvalue weighted by molar-refractivity contribution is 0.332. The third-order valence-electron chi connectivity index (χ3n) is 13.9. The van der Waals surface area contributed by atoms with Crippen LogP contribution in [0.1, 0.15) is 110 Å². The van der Waals surface area contributed by atoms with Gasteiger partial charge in [-0.05, 0) is 146 Å². The van der Waals surface area contributed by atoms with Crippen LogP contribution in [-0.4, -0.2) is 6.71 Å². The van der Waals surface area contributed by atoms with Gasteiger partial charge in [-0.15, -0.1) is 11.3 Å². The van der Waals surface area contributed by atoms with Gasteiger partial charge < -0.3 is 9.80 Å². The molecule has 2 aliphatic heterocycles. The summed E-state index contributed by atoms with van der Waals surface area (Å²) in [6.07, 6.45) is 2.37. The number of benzene rings is 6. The summed E-state index contributed by atoms with van der Waals surface area (Å²) < 4.78 is 2.79. The normalized spacial score (nSPS) is 16.4. The molecule has 0 atom stereocenters. The molecule has 0 fully saturated rings. The largest absolute Gasteiger partial charge is 0.311 e. The predicted molar refractivity (Wildman–Crippen MR) is 259 cm³/mol. The van der Waals surface area contributed by atoms with Crippen LogP contribution in [0.2, 0.25) is 0 Å². The third kappa shape index (κ3) is 6.03. The van der Waals surface area contributed by atoms with E-state index in [-0.39, 0.29) is 28.4 Å². The predicted octanol–water partition coefficient (Wildman–Crippen LogP) is 13.9. The summed E-state index contributed by atoms with van der Waals surface area (Å²) in [5.41, 5.74) is 20.2. The molecule has 1 aliphatic carbocycles. The molecule has 0 spiro atoms. The maximum Gasteiger partial charge on any atom is 0.264 e. The first kappa shape index (κ1) is 38.2. The monoisotopic (exact) mass is 788 g/mol. The molecule has 0 N–H and O–H groups in total. The second kappa shape index (κ2) is 13.0. The first-order valence-electron chi connectivity index (χ1n) is 21.7. The molecule has 3 heterocycles. The topological polar surface area (TPSA) is 6.48 Å². The second-order valence-electron chi connectivity index (χ2n) is 21.0. The van der Waals surface area contributed by atoms with Gasteiger partial charge in [-0.2, -0.15) is 0 Å². The van der Waals surface area contributed by atoms with Crippen LogP contribution < -0.4 is 25.5 Å². The molecular weight excluding hydrogens is 731 g/mol. The molecule has 59 heavy (non-hydrogen) atoms. The van der Waals surface area contributed by atoms with E-state index in [1.165, 1.54) is 112 Å². The van der Waals surface area contributed by atoms with E-state index in [2.05, 4.69) is 207 Å². The molecule has 6 aromatic carbocycles. The molecule has 2 nitrogen and oxygen atoms in total. The number of aryl methyl sites for hydroxylation is 1. The third-order valence-corrected chi connectivity index (χ3v) is 15.1. The van der Waals surface area contributed by atoms with Gasteiger partial charge in [0.2, 0.25) is 0 Å². The van der Waals surface area contributed by atoms with E-state index in [1.54, 1.807) is 0 Å². The number of nitrogens with zero attached hydrogens (tertiary/aromatic N) is 2. The first-order chi connectivity index (χ1) is 27.9. The molecule has 10 rings (SSSR count). The maximum absolute atomic E-state index is 2.66. The zero-order valence-corrected chi connectivity index (χ0v) is 37.7. The van der Waals surface area contributed by atoms with E-state index >= 15 is 0 Å². The van der Waals surface area contributed by atoms with Crippen LogP contribution in [0, 0.1) is 6.92 Å². The van der Waals surface area contributed by atoms with Gasteiger partial charge in [0.1, 0.15) is 0 Å². The molecule has 7 aromatic rings. The van der Waals surface area contributed by atoms with Crippen molar-refractivity contribution in [1.29, 1.82) is 0 Å². The fourth-order valence-electron chi connectivity index (χ4n) is 10.2. The summed E-state index contributed by atoms with van der Waals surface area (Å²) in [4.78, 5) is 5.24. The highest BCUT2D eigenvalue weighted by Crippen LogP contribution is 2.52. The van der Waals surface area contributed by atoms with Gasteiger partial charge in [0.05, 0.1) is 5.69 Å². The van der Waals surface area contributed by atoms with E-state index in [9.17, 15) is 0 Å². The summed E-state index contributed by atoms with van der Waals surface area (Å²) in [6.45, 7) is 26.2. The molecule has 0 radical (unpaired) electrons. The molecule has 3 aliphatic rings. The minimum Gasteiger partial charge on any atom is -0.311 e. The van der Waals surface area contributed by atoms with E-state index in [0.29, 0.717) is 0 Å². The van der Waals surface area contributed by atoms with Crippen LogP contribution in [0.15, 0.2) is 121 Å². The molecule has 296 valence electrons. The van der Waals surface area contributed by atoms with Crippen LogP contribution >= 0.6 is 11.3 Å². The Morgan fingerprint density at radius 3 is 1.73 bits per heavy atom. The molecular formula is C55H57BN2S. The Morgan fingerprint density at radius 2 is 1.10 bits per heavy atom. The van der Waals surface area contributed by atoms with Gasteiger partial charge in [-0.25, -0.2) is 0 Å². The van der Waals surface area contributed by atoms with Crippen LogP contribution in [-0.2, 0) is 21.7 Å². The Labute approximate surface area is 357 Å². The van der Waals surface area contributed by atoms with Gasteiger partial charge in [0.25, 0.3) is 6.71 Å². The molecule has 0 saturated heterocycles. The van der Waals surface area contributed by atoms with Crippen molar-refractivity contribution in [3.63, 3.8) is 0 Å². The summed E-state index contributed by atoms with van der Waals surface area (Å²) in [7, 11) is 0. The minimum absolute atomic E-state index is 0.0317. The summed E-state index contributed by atoms with van der Waals surface area (Å²) in [5.74, 6) is 0. The quantitative estimate of drug-likeness (QED) is 0.165. The van der Waals surface area contributed by atoms with Crippen molar-refractivity contribution >= 4 is 78.0 Å². The summed E-state index contributed by atoms with van der Waals surface area (Å²) in [6, 6.07) is 47.0. The highest BCUT2D eigenvalue weighted by molar-refractivity contribution is 7.33. The lowest BCUT2D eigenvalue weighted by atomic mass is 9.35. The van der Waals surface area contributed by atoms with E-state index < -0.39 is 0 Å². The van der Waals surface area contributed by atoms with Crippen LogP contribution in [0.4, 0.5) is 34.1 Å². The Morgan fingerprint density at radius 1 is 0.559 bits per heavy atom. The first-order valence-corrected chi connectivity index (χ1v) is 22.5. The average molecular weight is 789 g/mol. The SMILES string of the molecule is Cc1cc2c3c(c1)N(c1ccc(C(C)(C)C)cc1)c1c(sc4ccc(C(C)(C)C)cc14)B3c1cc3c(cc1N2c1ccc(-c2ccccc2)cc1)C(C)(C)CCC3(C)C. The van der Waals surface area contributed by atoms with Gasteiger partial charge in [0.15, 0.2) is 0 Å². The molecule has 4 heteroatoms. The van der Waals surface area contributed by atoms with Gasteiger partial charge in [-0.1, -0.05) is 136 Å². The van der Waals surface area contributed by atoms with E-state index in [4.69, 9.17) is 0 Å². The van der Waals surface area contributed by atoms with Gasteiger partial charge >= 0.3 is 0 Å². The van der Waals surface area contributed by atoms with Crippen molar-refractivity contribution in [3.8, 4) is 11.1 Å². The van der Waals surface area contributed by atoms with Crippen LogP contribution in [0.3, 0.4) is 0 Å². The van der Waals surface area contributed by atoms with E-state index in [1.807, 2.05) is 11.3 Å². The standard InChI is InChI=1S/C55H57BN2S/c1-34-29-46-49-47(30-34)58(40-24-19-37(20-25-40)52(2,3)4)50-41-31-38(53(5,6)7)21-26-48(41)59-51(50)56(49)44-32-42-43(55(10,11)28-27-54(42,8)9)33-45(44)57(46)39-22-17-36(18-23-39)35-15-13-12-14-16-35/h12-26,29-33H,27-28H2,1-11H3. The Bertz CT molecular complexity index is 2790. The number of rotatable bonds is 3. The number of fused-ring (bicyclic) bond motifs is 7. The Kier molecular flexibility index (Phi) is 8.39. The van der Waals surface area contributed by atoms with E-state index in [0.717, 1.165) is 0 Å². The molecule has 0 amide bonds. The zero-order valence-electron chi connectivity index (χ0n) is 36.8. The smallest absolute Gasteiger partial charge is 0.264 e. The second-order valence-corrected chi connectivity index (χ2v) is 22.1. The van der Waals surface area contributed by atoms with Crippen molar-refractivity contribution in [1.82, 2.24) is 0 Å². The maximum atomic E-state index is 2.66. The lowest BCUT2D eigenvalue weighted by Crippen LogP contribution is -2.61. The summed E-state index contributed by atoms with van der Waals surface area (Å²) >= 11 is 2.01. The zero-order chi connectivity index (χ0) is 41.4. The number of hydrogen-bond donors (Lipinski definition) is 0. The van der Waals surface area contributed by atoms with Gasteiger partial charge in [-0.3, -0.25) is 0 Å². The van der Waals surface area contributed by atoms with Crippen molar-refractivity contribution in [2.45, 2.75) is 111 Å². The Hall–Kier alpha value is -5.06. The van der Waals surface area contributed by atoms with Crippen LogP contribution in [0.25, 0.3) is 21.2 Å². The molecule has 1 aromatic heterocycles. The Balaban J connectivity index is 1.30. The van der Waals surface area contributed by atoms with Crippen molar-refractivity contribution in [3.05, 3.63) is 149 Å². The number of thiophene rings is 1. The van der Waals surface area contributed by atoms with Gasteiger partial charge in [0, 0.05) is 43.3 Å². The van der Waals surface area contributed by atoms with Crippen LogP contribution in [0.5, 0.6) is 0 Å². The lowest BCUT2D eigenvalue weighted by Gasteiger charge is -2.47. The summed E-state index contributed by atoms with van der Waals surface area (Å²) in [5, 5.41) is 1.35. The molecule has 0 saturated carbocycles. The average Bonchev–Trinajstić information content (AvgIpc) is 3.57. The van der Waals surface area contributed by atoms with Crippen molar-refractivity contribution < 1.29 is 0 Å².